The Morgan fingerprint density at radius 2 is 1.64 bits per heavy atom. The highest BCUT2D eigenvalue weighted by Gasteiger charge is 2.39. The lowest BCUT2D eigenvalue weighted by molar-refractivity contribution is -0.384. The highest BCUT2D eigenvalue weighted by molar-refractivity contribution is 6.01. The lowest BCUT2D eigenvalue weighted by atomic mass is 10.0. The molecule has 1 fully saturated rings. The SMILES string of the molecule is CC(=O)N(Cc1ccc([N+](=O)[O-])cc1)C1c2ccccc2N=C(N2CCCCC2)N1c1ccccc1. The predicted octanol–water partition coefficient (Wildman–Crippen LogP) is 5.64. The molecule has 1 amide bonds. The summed E-state index contributed by atoms with van der Waals surface area (Å²) in [5.41, 5.74) is 3.60. The second-order valence-electron chi connectivity index (χ2n) is 9.17. The first kappa shape index (κ1) is 23.5. The number of hydrogen-bond acceptors (Lipinski definition) is 6. The van der Waals surface area contributed by atoms with Gasteiger partial charge in [0.1, 0.15) is 6.17 Å². The molecule has 0 aromatic heterocycles. The number of hydrogen-bond donors (Lipinski definition) is 0. The van der Waals surface area contributed by atoms with Crippen molar-refractivity contribution in [2.24, 2.45) is 4.99 Å². The Labute approximate surface area is 210 Å². The van der Waals surface area contributed by atoms with Crippen LogP contribution >= 0.6 is 0 Å². The molecule has 0 N–H and O–H groups in total. The third-order valence-corrected chi connectivity index (χ3v) is 6.77. The summed E-state index contributed by atoms with van der Waals surface area (Å²) >= 11 is 0. The maximum atomic E-state index is 13.2. The third kappa shape index (κ3) is 4.66. The molecular weight excluding hydrogens is 454 g/mol. The summed E-state index contributed by atoms with van der Waals surface area (Å²) in [7, 11) is 0. The maximum absolute atomic E-state index is 13.2. The molecule has 8 nitrogen and oxygen atoms in total. The predicted molar refractivity (Wildman–Crippen MR) is 140 cm³/mol. The smallest absolute Gasteiger partial charge is 0.269 e. The molecule has 1 saturated heterocycles. The number of non-ortho nitro benzene ring substituents is 1. The van der Waals surface area contributed by atoms with Crippen molar-refractivity contribution in [3.8, 4) is 0 Å². The van der Waals surface area contributed by atoms with Gasteiger partial charge in [0.25, 0.3) is 5.69 Å². The molecule has 184 valence electrons. The van der Waals surface area contributed by atoms with E-state index in [2.05, 4.69) is 9.80 Å². The lowest BCUT2D eigenvalue weighted by Gasteiger charge is -2.47. The monoisotopic (exact) mass is 483 g/mol. The number of anilines is 1. The molecule has 1 atom stereocenters. The fourth-order valence-electron chi connectivity index (χ4n) is 4.98. The summed E-state index contributed by atoms with van der Waals surface area (Å²) < 4.78 is 0. The highest BCUT2D eigenvalue weighted by atomic mass is 16.6. The van der Waals surface area contributed by atoms with Crippen molar-refractivity contribution >= 4 is 28.9 Å². The summed E-state index contributed by atoms with van der Waals surface area (Å²) in [6.07, 6.45) is 2.99. The number of rotatable bonds is 5. The van der Waals surface area contributed by atoms with Crippen molar-refractivity contribution < 1.29 is 9.72 Å². The summed E-state index contributed by atoms with van der Waals surface area (Å²) in [5.74, 6) is 0.758. The Morgan fingerprint density at radius 3 is 2.31 bits per heavy atom. The van der Waals surface area contributed by atoms with Crippen molar-refractivity contribution in [1.82, 2.24) is 9.80 Å². The second kappa shape index (κ2) is 10.2. The number of nitrogens with zero attached hydrogens (tertiary/aromatic N) is 5. The van der Waals surface area contributed by atoms with Gasteiger partial charge in [0.05, 0.1) is 10.6 Å². The Bertz CT molecular complexity index is 1270. The van der Waals surface area contributed by atoms with Gasteiger partial charge in [0.2, 0.25) is 11.9 Å². The second-order valence-corrected chi connectivity index (χ2v) is 9.17. The fraction of sp³-hybridized carbons (Fsp3) is 0.286. The van der Waals surface area contributed by atoms with Crippen molar-refractivity contribution in [2.75, 3.05) is 18.0 Å². The number of fused-ring (bicyclic) bond motifs is 1. The normalized spacial score (nSPS) is 17.2. The lowest BCUT2D eigenvalue weighted by Crippen LogP contribution is -2.54. The molecule has 2 aliphatic rings. The van der Waals surface area contributed by atoms with Crippen LogP contribution in [0.2, 0.25) is 0 Å². The van der Waals surface area contributed by atoms with Crippen LogP contribution in [-0.4, -0.2) is 39.7 Å². The van der Waals surface area contributed by atoms with Gasteiger partial charge in [0, 0.05) is 49.9 Å². The van der Waals surface area contributed by atoms with Gasteiger partial charge in [-0.15, -0.1) is 0 Å². The molecule has 2 aliphatic heterocycles. The number of amides is 1. The summed E-state index contributed by atoms with van der Waals surface area (Å²) in [5, 5.41) is 11.1. The minimum atomic E-state index is -0.425. The summed E-state index contributed by atoms with van der Waals surface area (Å²) in [6.45, 7) is 3.71. The number of guanidine groups is 1. The van der Waals surface area contributed by atoms with Gasteiger partial charge in [-0.05, 0) is 43.0 Å². The first-order valence-electron chi connectivity index (χ1n) is 12.3. The minimum Gasteiger partial charge on any atom is -0.342 e. The van der Waals surface area contributed by atoms with Crippen LogP contribution in [0.3, 0.4) is 0 Å². The van der Waals surface area contributed by atoms with Crippen molar-refractivity contribution in [1.29, 1.82) is 0 Å². The number of carbonyl (C=O) groups excluding carboxylic acids is 1. The first-order valence-corrected chi connectivity index (χ1v) is 12.3. The van der Waals surface area contributed by atoms with Crippen LogP contribution in [-0.2, 0) is 11.3 Å². The van der Waals surface area contributed by atoms with Gasteiger partial charge in [-0.3, -0.25) is 19.8 Å². The van der Waals surface area contributed by atoms with Gasteiger partial charge in [-0.25, -0.2) is 4.99 Å². The van der Waals surface area contributed by atoms with E-state index in [4.69, 9.17) is 4.99 Å². The number of benzene rings is 3. The van der Waals surface area contributed by atoms with Crippen LogP contribution in [0.15, 0.2) is 83.9 Å². The topological polar surface area (TPSA) is 82.3 Å². The first-order chi connectivity index (χ1) is 17.5. The number of nitro groups is 1. The molecule has 3 aromatic rings. The van der Waals surface area contributed by atoms with E-state index in [-0.39, 0.29) is 11.6 Å². The number of likely N-dealkylation sites (tertiary alicyclic amines) is 1. The fourth-order valence-corrected chi connectivity index (χ4v) is 4.98. The Hall–Kier alpha value is -4.20. The number of piperidine rings is 1. The molecule has 0 aliphatic carbocycles. The van der Waals surface area contributed by atoms with E-state index in [0.29, 0.717) is 6.54 Å². The average Bonchev–Trinajstić information content (AvgIpc) is 2.92. The standard InChI is InChI=1S/C28H29N5O3/c1-21(34)31(20-22-14-16-24(17-15-22)33(35)36)27-25-12-6-7-13-26(25)29-28(30-18-8-3-9-19-30)32(27)23-10-4-2-5-11-23/h2,4-7,10-17,27H,3,8-9,18-20H2,1H3. The van der Waals surface area contributed by atoms with Gasteiger partial charge >= 0.3 is 0 Å². The average molecular weight is 484 g/mol. The number of para-hydroxylation sites is 2. The molecule has 0 saturated carbocycles. The van der Waals surface area contributed by atoms with E-state index in [1.807, 2.05) is 59.5 Å². The van der Waals surface area contributed by atoms with Crippen LogP contribution in [0.25, 0.3) is 0 Å². The van der Waals surface area contributed by atoms with Crippen LogP contribution in [0, 0.1) is 10.1 Å². The third-order valence-electron chi connectivity index (χ3n) is 6.77. The Balaban J connectivity index is 1.62. The Morgan fingerprint density at radius 1 is 0.972 bits per heavy atom. The van der Waals surface area contributed by atoms with E-state index < -0.39 is 11.1 Å². The molecule has 0 spiro atoms. The largest absolute Gasteiger partial charge is 0.342 e. The number of nitro benzene ring substituents is 1. The van der Waals surface area contributed by atoms with Crippen LogP contribution in [0.1, 0.15) is 43.5 Å². The quantitative estimate of drug-likeness (QED) is 0.347. The summed E-state index contributed by atoms with van der Waals surface area (Å²) in [6, 6.07) is 24.4. The van der Waals surface area contributed by atoms with E-state index in [0.717, 1.165) is 54.4 Å². The molecule has 0 radical (unpaired) electrons. The zero-order valence-corrected chi connectivity index (χ0v) is 20.3. The molecule has 36 heavy (non-hydrogen) atoms. The van der Waals surface area contributed by atoms with Crippen molar-refractivity contribution in [3.05, 3.63) is 100 Å². The van der Waals surface area contributed by atoms with Gasteiger partial charge in [-0.1, -0.05) is 48.5 Å². The van der Waals surface area contributed by atoms with Gasteiger partial charge in [-0.2, -0.15) is 0 Å². The Kier molecular flexibility index (Phi) is 6.66. The van der Waals surface area contributed by atoms with Crippen molar-refractivity contribution in [3.63, 3.8) is 0 Å². The zero-order chi connectivity index (χ0) is 25.1. The molecule has 0 bridgehead atoms. The van der Waals surface area contributed by atoms with E-state index in [1.165, 1.54) is 18.6 Å². The van der Waals surface area contributed by atoms with Crippen molar-refractivity contribution in [2.45, 2.75) is 38.9 Å². The van der Waals surface area contributed by atoms with E-state index >= 15 is 0 Å². The summed E-state index contributed by atoms with van der Waals surface area (Å²) in [4.78, 5) is 35.4. The van der Waals surface area contributed by atoms with Crippen LogP contribution in [0.4, 0.5) is 17.1 Å². The molecule has 2 heterocycles. The van der Waals surface area contributed by atoms with Crippen LogP contribution < -0.4 is 4.90 Å². The molecule has 8 heteroatoms. The number of aliphatic imine (C=N–C) groups is 1. The zero-order valence-electron chi connectivity index (χ0n) is 20.3. The van der Waals surface area contributed by atoms with E-state index in [9.17, 15) is 14.9 Å². The van der Waals surface area contributed by atoms with E-state index in [1.54, 1.807) is 19.1 Å². The van der Waals surface area contributed by atoms with Gasteiger partial charge in [0.15, 0.2) is 0 Å². The highest BCUT2D eigenvalue weighted by Crippen LogP contribution is 2.41. The van der Waals surface area contributed by atoms with Crippen LogP contribution in [0.5, 0.6) is 0 Å². The number of carbonyl (C=O) groups is 1. The minimum absolute atomic E-state index is 0.0292. The molecule has 5 rings (SSSR count). The molecule has 3 aromatic carbocycles. The maximum Gasteiger partial charge on any atom is 0.269 e. The molecule has 1 unspecified atom stereocenters. The van der Waals surface area contributed by atoms with Gasteiger partial charge < -0.3 is 9.80 Å². The molecular formula is C28H29N5O3.